The maximum Gasteiger partial charge on any atom is 0.360 e. The molecular weight excluding hydrogens is 464 g/mol. The number of carboxylic acid groups (broad SMARTS) is 1. The van der Waals surface area contributed by atoms with Crippen molar-refractivity contribution in [3.05, 3.63) is 83.4 Å². The molecule has 0 fully saturated rings. The first-order valence-corrected chi connectivity index (χ1v) is 9.35. The Bertz CT molecular complexity index is 1340. The monoisotopic (exact) mass is 478 g/mol. The number of esters is 1. The minimum Gasteiger partial charge on any atom is -0.476 e. The van der Waals surface area contributed by atoms with Gasteiger partial charge < -0.3 is 9.84 Å². The molecule has 176 valence electrons. The van der Waals surface area contributed by atoms with Crippen molar-refractivity contribution in [3.8, 4) is 11.4 Å². The SMILES string of the molecule is CCOC(=O)c1cnn(-c2ccc(F)cc2F)n1.O=C(O)c1cnn(-c2ccc(F)cc2F)n1. The second-order valence-corrected chi connectivity index (χ2v) is 6.26. The number of hydrogen-bond donors (Lipinski definition) is 1. The zero-order chi connectivity index (χ0) is 24.8. The van der Waals surface area contributed by atoms with Crippen molar-refractivity contribution in [3.63, 3.8) is 0 Å². The molecule has 0 aliphatic rings. The van der Waals surface area contributed by atoms with Crippen LogP contribution in [-0.2, 0) is 4.74 Å². The van der Waals surface area contributed by atoms with Crippen LogP contribution in [0.25, 0.3) is 11.4 Å². The molecule has 2 aromatic carbocycles. The third kappa shape index (κ3) is 5.59. The van der Waals surface area contributed by atoms with Crippen molar-refractivity contribution in [2.75, 3.05) is 6.61 Å². The number of hydrogen-bond acceptors (Lipinski definition) is 7. The van der Waals surface area contributed by atoms with Gasteiger partial charge in [-0.2, -0.15) is 10.2 Å². The summed E-state index contributed by atoms with van der Waals surface area (Å²) in [6, 6.07) is 5.78. The van der Waals surface area contributed by atoms with Crippen LogP contribution in [0.2, 0.25) is 0 Å². The zero-order valence-electron chi connectivity index (χ0n) is 17.2. The molecule has 0 amide bonds. The lowest BCUT2D eigenvalue weighted by Crippen LogP contribution is -2.07. The molecule has 0 bridgehead atoms. The third-order valence-corrected chi connectivity index (χ3v) is 3.94. The summed E-state index contributed by atoms with van der Waals surface area (Å²) >= 11 is 0. The molecule has 10 nitrogen and oxygen atoms in total. The number of aromatic carboxylic acids is 1. The second-order valence-electron chi connectivity index (χ2n) is 6.26. The molecule has 34 heavy (non-hydrogen) atoms. The highest BCUT2D eigenvalue weighted by Gasteiger charge is 2.15. The van der Waals surface area contributed by atoms with Crippen molar-refractivity contribution in [2.24, 2.45) is 0 Å². The number of carboxylic acids is 1. The fourth-order valence-corrected chi connectivity index (χ4v) is 2.44. The molecule has 2 aromatic heterocycles. The maximum atomic E-state index is 13.4. The van der Waals surface area contributed by atoms with E-state index in [0.29, 0.717) is 12.1 Å². The summed E-state index contributed by atoms with van der Waals surface area (Å²) in [5, 5.41) is 23.1. The molecule has 14 heteroatoms. The molecule has 0 atom stereocenters. The quantitative estimate of drug-likeness (QED) is 0.343. The van der Waals surface area contributed by atoms with Crippen molar-refractivity contribution >= 4 is 11.9 Å². The van der Waals surface area contributed by atoms with Gasteiger partial charge in [-0.3, -0.25) is 0 Å². The normalized spacial score (nSPS) is 10.4. The van der Waals surface area contributed by atoms with Crippen molar-refractivity contribution in [1.29, 1.82) is 0 Å². The van der Waals surface area contributed by atoms with E-state index in [1.165, 1.54) is 6.07 Å². The van der Waals surface area contributed by atoms with Gasteiger partial charge >= 0.3 is 11.9 Å². The minimum atomic E-state index is -1.27. The van der Waals surface area contributed by atoms with E-state index in [-0.39, 0.29) is 29.4 Å². The van der Waals surface area contributed by atoms with Gasteiger partial charge in [0, 0.05) is 12.1 Å². The van der Waals surface area contributed by atoms with Gasteiger partial charge in [-0.05, 0) is 31.2 Å². The van der Waals surface area contributed by atoms with Crippen LogP contribution in [0.5, 0.6) is 0 Å². The van der Waals surface area contributed by atoms with Crippen LogP contribution in [0.15, 0.2) is 48.8 Å². The highest BCUT2D eigenvalue weighted by Crippen LogP contribution is 2.14. The summed E-state index contributed by atoms with van der Waals surface area (Å²) in [6.07, 6.45) is 2.13. The van der Waals surface area contributed by atoms with Crippen molar-refractivity contribution < 1.29 is 37.0 Å². The molecule has 0 unspecified atom stereocenters. The average molecular weight is 478 g/mol. The fraction of sp³-hybridized carbons (Fsp3) is 0.100. The lowest BCUT2D eigenvalue weighted by atomic mass is 10.3. The van der Waals surface area contributed by atoms with Crippen LogP contribution in [0.3, 0.4) is 0 Å². The van der Waals surface area contributed by atoms with Crippen LogP contribution in [0.4, 0.5) is 17.6 Å². The smallest absolute Gasteiger partial charge is 0.360 e. The predicted molar refractivity (Wildman–Crippen MR) is 105 cm³/mol. The lowest BCUT2D eigenvalue weighted by Gasteiger charge is -2.01. The number of carbonyl (C=O) groups excluding carboxylic acids is 1. The molecule has 0 aliphatic heterocycles. The van der Waals surface area contributed by atoms with Crippen LogP contribution < -0.4 is 0 Å². The number of carbonyl (C=O) groups is 2. The number of rotatable bonds is 5. The summed E-state index contributed by atoms with van der Waals surface area (Å²) in [6.45, 7) is 1.86. The first-order chi connectivity index (χ1) is 16.2. The summed E-state index contributed by atoms with van der Waals surface area (Å²) in [5.74, 6) is -5.03. The van der Waals surface area contributed by atoms with Crippen molar-refractivity contribution in [2.45, 2.75) is 6.92 Å². The molecule has 0 aliphatic carbocycles. The van der Waals surface area contributed by atoms with E-state index < -0.39 is 35.2 Å². The first-order valence-electron chi connectivity index (χ1n) is 9.35. The molecule has 0 saturated heterocycles. The van der Waals surface area contributed by atoms with Gasteiger partial charge in [-0.25, -0.2) is 27.2 Å². The van der Waals surface area contributed by atoms with Gasteiger partial charge in [-0.15, -0.1) is 19.8 Å². The lowest BCUT2D eigenvalue weighted by molar-refractivity contribution is 0.0518. The summed E-state index contributed by atoms with van der Waals surface area (Å²) in [7, 11) is 0. The van der Waals surface area contributed by atoms with E-state index in [2.05, 4.69) is 20.4 Å². The van der Waals surface area contributed by atoms with Crippen LogP contribution in [-0.4, -0.2) is 53.6 Å². The minimum absolute atomic E-state index is 0.0411. The number of aromatic nitrogens is 6. The molecular formula is C20H14F4N6O4. The Balaban J connectivity index is 0.000000192. The second kappa shape index (κ2) is 10.3. The molecule has 0 saturated carbocycles. The predicted octanol–water partition coefficient (Wildman–Crippen LogP) is 2.97. The van der Waals surface area contributed by atoms with Gasteiger partial charge in [-0.1, -0.05) is 0 Å². The molecule has 4 rings (SSSR count). The topological polar surface area (TPSA) is 125 Å². The summed E-state index contributed by atoms with van der Waals surface area (Å²) in [5.41, 5.74) is -0.523. The molecule has 4 aromatic rings. The van der Waals surface area contributed by atoms with Crippen molar-refractivity contribution in [1.82, 2.24) is 30.0 Å². The number of ether oxygens (including phenoxy) is 1. The van der Waals surface area contributed by atoms with Crippen LogP contribution >= 0.6 is 0 Å². The fourth-order valence-electron chi connectivity index (χ4n) is 2.44. The van der Waals surface area contributed by atoms with E-state index in [9.17, 15) is 27.2 Å². The van der Waals surface area contributed by atoms with E-state index in [0.717, 1.165) is 40.2 Å². The summed E-state index contributed by atoms with van der Waals surface area (Å²) < 4.78 is 56.8. The Morgan fingerprint density at radius 1 is 0.853 bits per heavy atom. The Labute approximate surface area is 188 Å². The van der Waals surface area contributed by atoms with Gasteiger partial charge in [0.25, 0.3) is 0 Å². The van der Waals surface area contributed by atoms with Gasteiger partial charge in [0.05, 0.1) is 19.0 Å². The van der Waals surface area contributed by atoms with Crippen LogP contribution in [0.1, 0.15) is 27.9 Å². The first kappa shape index (κ1) is 24.0. The Morgan fingerprint density at radius 2 is 1.32 bits per heavy atom. The molecule has 0 spiro atoms. The number of nitrogens with zero attached hydrogens (tertiary/aromatic N) is 6. The Kier molecular flexibility index (Phi) is 7.30. The number of halogens is 4. The van der Waals surface area contributed by atoms with E-state index >= 15 is 0 Å². The van der Waals surface area contributed by atoms with Gasteiger partial charge in [0.15, 0.2) is 23.0 Å². The highest BCUT2D eigenvalue weighted by atomic mass is 19.1. The molecule has 2 heterocycles. The van der Waals surface area contributed by atoms with E-state index in [1.54, 1.807) is 6.92 Å². The maximum absolute atomic E-state index is 13.4. The van der Waals surface area contributed by atoms with E-state index in [4.69, 9.17) is 9.84 Å². The Morgan fingerprint density at radius 3 is 1.74 bits per heavy atom. The standard InChI is InChI=1S/C11H9F2N3O2.C9H5F2N3O2/c1-2-18-11(17)9-6-14-16(15-9)10-4-3-7(12)5-8(10)13;10-5-1-2-8(6(11)3-5)14-12-4-7(13-14)9(15)16/h3-6H,2H2,1H3;1-4H,(H,15,16). The van der Waals surface area contributed by atoms with Gasteiger partial charge in [0.2, 0.25) is 0 Å². The summed E-state index contributed by atoms with van der Waals surface area (Å²) in [4.78, 5) is 23.5. The third-order valence-electron chi connectivity index (χ3n) is 3.94. The molecule has 0 radical (unpaired) electrons. The average Bonchev–Trinajstić information content (AvgIpc) is 3.45. The van der Waals surface area contributed by atoms with Gasteiger partial charge in [0.1, 0.15) is 23.0 Å². The Hall–Kier alpha value is -4.62. The highest BCUT2D eigenvalue weighted by molar-refractivity contribution is 5.86. The van der Waals surface area contributed by atoms with E-state index in [1.807, 2.05) is 0 Å². The number of benzene rings is 2. The molecule has 1 N–H and O–H groups in total. The van der Waals surface area contributed by atoms with Crippen LogP contribution in [0, 0.1) is 23.3 Å². The zero-order valence-corrected chi connectivity index (χ0v) is 17.2. The largest absolute Gasteiger partial charge is 0.476 e.